The molecule has 0 saturated heterocycles. The van der Waals surface area contributed by atoms with Crippen molar-refractivity contribution < 1.29 is 14.3 Å². The standard InChI is InChI=1S/C11H12ClIN2O3/c1-2-18-10(16)6-14-11(17)15-9-4-3-7(12)5-8(9)13/h3-5H,2,6H2,1H3,(H2,14,15,17). The molecule has 0 bridgehead atoms. The van der Waals surface area contributed by atoms with E-state index >= 15 is 0 Å². The highest BCUT2D eigenvalue weighted by atomic mass is 127. The van der Waals surface area contributed by atoms with E-state index in [-0.39, 0.29) is 13.2 Å². The number of urea groups is 1. The Labute approximate surface area is 123 Å². The Hall–Kier alpha value is -1.02. The van der Waals surface area contributed by atoms with Crippen molar-refractivity contribution in [3.05, 3.63) is 26.8 Å². The minimum Gasteiger partial charge on any atom is -0.465 e. The Bertz CT molecular complexity index is 454. The molecule has 0 atom stereocenters. The molecule has 0 saturated carbocycles. The van der Waals surface area contributed by atoms with Crippen molar-refractivity contribution in [2.45, 2.75) is 6.92 Å². The van der Waals surface area contributed by atoms with Gasteiger partial charge in [0.15, 0.2) is 0 Å². The molecule has 0 heterocycles. The van der Waals surface area contributed by atoms with E-state index in [4.69, 9.17) is 11.6 Å². The maximum atomic E-state index is 11.5. The lowest BCUT2D eigenvalue weighted by Gasteiger charge is -2.09. The fourth-order valence-corrected chi connectivity index (χ4v) is 2.13. The molecule has 2 amide bonds. The fraction of sp³-hybridized carbons (Fsp3) is 0.273. The number of carbonyl (C=O) groups excluding carboxylic acids is 2. The van der Waals surface area contributed by atoms with E-state index in [0.29, 0.717) is 10.7 Å². The summed E-state index contributed by atoms with van der Waals surface area (Å²) in [6.07, 6.45) is 0. The molecule has 18 heavy (non-hydrogen) atoms. The Balaban J connectivity index is 2.47. The molecule has 0 aromatic heterocycles. The molecule has 0 aliphatic heterocycles. The predicted molar refractivity (Wildman–Crippen MR) is 77.8 cm³/mol. The summed E-state index contributed by atoms with van der Waals surface area (Å²) in [6, 6.07) is 4.62. The SMILES string of the molecule is CCOC(=O)CNC(=O)Nc1ccc(Cl)cc1I. The average Bonchev–Trinajstić information content (AvgIpc) is 2.31. The molecule has 7 heteroatoms. The van der Waals surface area contributed by atoms with Gasteiger partial charge in [0.25, 0.3) is 0 Å². The summed E-state index contributed by atoms with van der Waals surface area (Å²) >= 11 is 7.85. The van der Waals surface area contributed by atoms with E-state index in [0.717, 1.165) is 3.57 Å². The van der Waals surface area contributed by atoms with Gasteiger partial charge in [0.05, 0.1) is 12.3 Å². The van der Waals surface area contributed by atoms with E-state index in [2.05, 4.69) is 38.0 Å². The number of anilines is 1. The zero-order valence-corrected chi connectivity index (χ0v) is 12.5. The second kappa shape index (κ2) is 7.42. The van der Waals surface area contributed by atoms with Gasteiger partial charge in [0.1, 0.15) is 6.54 Å². The lowest BCUT2D eigenvalue weighted by atomic mass is 10.3. The minimum absolute atomic E-state index is 0.163. The largest absolute Gasteiger partial charge is 0.465 e. The molecule has 5 nitrogen and oxygen atoms in total. The van der Waals surface area contributed by atoms with Gasteiger partial charge in [-0.2, -0.15) is 0 Å². The summed E-state index contributed by atoms with van der Waals surface area (Å²) in [4.78, 5) is 22.5. The van der Waals surface area contributed by atoms with Gasteiger partial charge in [-0.25, -0.2) is 4.79 Å². The van der Waals surface area contributed by atoms with Crippen LogP contribution in [0.4, 0.5) is 10.5 Å². The number of ether oxygens (including phenoxy) is 1. The van der Waals surface area contributed by atoms with E-state index in [9.17, 15) is 9.59 Å². The van der Waals surface area contributed by atoms with Gasteiger partial charge in [-0.15, -0.1) is 0 Å². The van der Waals surface area contributed by atoms with Crippen molar-refractivity contribution in [2.75, 3.05) is 18.5 Å². The van der Waals surface area contributed by atoms with Crippen LogP contribution in [-0.2, 0) is 9.53 Å². The monoisotopic (exact) mass is 382 g/mol. The van der Waals surface area contributed by atoms with Gasteiger partial charge < -0.3 is 15.4 Å². The molecular formula is C11H12ClIN2O3. The first kappa shape index (κ1) is 15.0. The number of carbonyl (C=O) groups is 2. The molecule has 1 aromatic rings. The molecule has 0 radical (unpaired) electrons. The van der Waals surface area contributed by atoms with Crippen LogP contribution in [0.1, 0.15) is 6.92 Å². The number of hydrogen-bond donors (Lipinski definition) is 2. The van der Waals surface area contributed by atoms with Crippen molar-refractivity contribution in [3.63, 3.8) is 0 Å². The van der Waals surface area contributed by atoms with Crippen LogP contribution in [0.2, 0.25) is 5.02 Å². The Kier molecular flexibility index (Phi) is 6.20. The average molecular weight is 383 g/mol. The van der Waals surface area contributed by atoms with Crippen LogP contribution in [0, 0.1) is 3.57 Å². The van der Waals surface area contributed by atoms with Gasteiger partial charge in [-0.05, 0) is 47.7 Å². The number of esters is 1. The first-order valence-electron chi connectivity index (χ1n) is 5.18. The van der Waals surface area contributed by atoms with E-state index in [1.165, 1.54) is 0 Å². The first-order valence-corrected chi connectivity index (χ1v) is 6.64. The number of halogens is 2. The molecule has 0 spiro atoms. The lowest BCUT2D eigenvalue weighted by Crippen LogP contribution is -2.34. The molecule has 0 unspecified atom stereocenters. The van der Waals surface area contributed by atoms with Gasteiger partial charge in [0, 0.05) is 8.59 Å². The molecule has 0 aliphatic carbocycles. The summed E-state index contributed by atoms with van der Waals surface area (Å²) in [6.45, 7) is 1.83. The van der Waals surface area contributed by atoms with Crippen molar-refractivity contribution in [3.8, 4) is 0 Å². The Morgan fingerprint density at radius 3 is 2.78 bits per heavy atom. The molecule has 0 aliphatic rings. The third-order valence-electron chi connectivity index (χ3n) is 1.88. The third kappa shape index (κ3) is 5.09. The van der Waals surface area contributed by atoms with Crippen LogP contribution in [0.25, 0.3) is 0 Å². The minimum atomic E-state index is -0.474. The van der Waals surface area contributed by atoms with Crippen LogP contribution in [0.3, 0.4) is 0 Å². The molecular weight excluding hydrogens is 370 g/mol. The summed E-state index contributed by atoms with van der Waals surface area (Å²) in [5.74, 6) is -0.474. The quantitative estimate of drug-likeness (QED) is 0.621. The first-order chi connectivity index (χ1) is 8.52. The van der Waals surface area contributed by atoms with Gasteiger partial charge in [-0.1, -0.05) is 11.6 Å². The number of hydrogen-bond acceptors (Lipinski definition) is 3. The highest BCUT2D eigenvalue weighted by molar-refractivity contribution is 14.1. The maximum Gasteiger partial charge on any atom is 0.325 e. The summed E-state index contributed by atoms with van der Waals surface area (Å²) in [7, 11) is 0. The third-order valence-corrected chi connectivity index (χ3v) is 3.01. The molecule has 2 N–H and O–H groups in total. The maximum absolute atomic E-state index is 11.5. The highest BCUT2D eigenvalue weighted by Crippen LogP contribution is 2.21. The summed E-state index contributed by atoms with van der Waals surface area (Å²) < 4.78 is 5.49. The van der Waals surface area contributed by atoms with Gasteiger partial charge in [0.2, 0.25) is 0 Å². The van der Waals surface area contributed by atoms with Crippen LogP contribution in [0.5, 0.6) is 0 Å². The van der Waals surface area contributed by atoms with E-state index in [1.54, 1.807) is 25.1 Å². The van der Waals surface area contributed by atoms with Crippen molar-refractivity contribution >= 4 is 51.9 Å². The fourth-order valence-electron chi connectivity index (χ4n) is 1.12. The number of benzene rings is 1. The topological polar surface area (TPSA) is 67.4 Å². The smallest absolute Gasteiger partial charge is 0.325 e. The van der Waals surface area contributed by atoms with Crippen LogP contribution < -0.4 is 10.6 Å². The van der Waals surface area contributed by atoms with Crippen molar-refractivity contribution in [1.82, 2.24) is 5.32 Å². The van der Waals surface area contributed by atoms with Crippen LogP contribution in [0.15, 0.2) is 18.2 Å². The van der Waals surface area contributed by atoms with Crippen LogP contribution in [-0.4, -0.2) is 25.2 Å². The lowest BCUT2D eigenvalue weighted by molar-refractivity contribution is -0.141. The molecule has 1 aromatic carbocycles. The second-order valence-electron chi connectivity index (χ2n) is 3.24. The van der Waals surface area contributed by atoms with Gasteiger partial charge >= 0.3 is 12.0 Å². The van der Waals surface area contributed by atoms with Crippen LogP contribution >= 0.6 is 34.2 Å². The zero-order chi connectivity index (χ0) is 13.5. The normalized spacial score (nSPS) is 9.72. The van der Waals surface area contributed by atoms with E-state index < -0.39 is 12.0 Å². The number of amides is 2. The molecule has 98 valence electrons. The number of nitrogens with one attached hydrogen (secondary N) is 2. The Morgan fingerprint density at radius 1 is 1.44 bits per heavy atom. The van der Waals surface area contributed by atoms with E-state index in [1.807, 2.05) is 0 Å². The highest BCUT2D eigenvalue weighted by Gasteiger charge is 2.08. The number of rotatable bonds is 4. The van der Waals surface area contributed by atoms with Gasteiger partial charge in [-0.3, -0.25) is 4.79 Å². The molecule has 1 rings (SSSR count). The Morgan fingerprint density at radius 2 is 2.17 bits per heavy atom. The van der Waals surface area contributed by atoms with Crippen molar-refractivity contribution in [1.29, 1.82) is 0 Å². The zero-order valence-electron chi connectivity index (χ0n) is 9.63. The molecule has 0 fully saturated rings. The summed E-state index contributed by atoms with van der Waals surface area (Å²) in [5, 5.41) is 5.60. The summed E-state index contributed by atoms with van der Waals surface area (Å²) in [5.41, 5.74) is 0.626. The predicted octanol–water partition coefficient (Wildman–Crippen LogP) is 2.63. The second-order valence-corrected chi connectivity index (χ2v) is 4.84. The van der Waals surface area contributed by atoms with Crippen molar-refractivity contribution in [2.24, 2.45) is 0 Å².